The fraction of sp³-hybridized carbons (Fsp3) is 0.316. The van der Waals surface area contributed by atoms with E-state index in [0.29, 0.717) is 5.56 Å². The molecule has 0 radical (unpaired) electrons. The van der Waals surface area contributed by atoms with E-state index < -0.39 is 38.4 Å². The van der Waals surface area contributed by atoms with Gasteiger partial charge in [-0.3, -0.25) is 14.9 Å². The second kappa shape index (κ2) is 8.44. The molecule has 1 aliphatic rings. The van der Waals surface area contributed by atoms with E-state index in [1.807, 2.05) is 0 Å². The van der Waals surface area contributed by atoms with Gasteiger partial charge in [0.2, 0.25) is 15.9 Å². The summed E-state index contributed by atoms with van der Waals surface area (Å²) in [7, 11) is -3.98. The molecule has 8 nitrogen and oxygen atoms in total. The molecule has 160 valence electrons. The Morgan fingerprint density at radius 2 is 1.83 bits per heavy atom. The van der Waals surface area contributed by atoms with Crippen molar-refractivity contribution in [2.24, 2.45) is 5.92 Å². The van der Waals surface area contributed by atoms with E-state index in [-0.39, 0.29) is 42.2 Å². The number of hydrogen-bond donors (Lipinski definition) is 1. The molecule has 0 aromatic heterocycles. The number of carbonyl (C=O) groups excluding carboxylic acids is 1. The number of aryl methyl sites for hydroxylation is 1. The first-order chi connectivity index (χ1) is 14.1. The van der Waals surface area contributed by atoms with Crippen LogP contribution in [0.2, 0.25) is 0 Å². The Morgan fingerprint density at radius 1 is 1.17 bits per heavy atom. The molecule has 0 atom stereocenters. The molecule has 0 spiro atoms. The average Bonchev–Trinajstić information content (AvgIpc) is 2.70. The summed E-state index contributed by atoms with van der Waals surface area (Å²) in [5, 5.41) is 13.3. The van der Waals surface area contributed by atoms with Crippen LogP contribution in [0, 0.1) is 34.6 Å². The molecule has 3 rings (SSSR count). The first-order valence-corrected chi connectivity index (χ1v) is 10.5. The van der Waals surface area contributed by atoms with Gasteiger partial charge in [0.05, 0.1) is 15.5 Å². The predicted molar refractivity (Wildman–Crippen MR) is 104 cm³/mol. The fourth-order valence-electron chi connectivity index (χ4n) is 3.31. The van der Waals surface area contributed by atoms with Gasteiger partial charge in [-0.15, -0.1) is 0 Å². The maximum absolute atomic E-state index is 13.7. The number of nitrogens with one attached hydrogen (secondary N) is 1. The third kappa shape index (κ3) is 4.46. The van der Waals surface area contributed by atoms with Crippen LogP contribution in [-0.4, -0.2) is 36.6 Å². The third-order valence-electron chi connectivity index (χ3n) is 5.01. The van der Waals surface area contributed by atoms with Crippen LogP contribution < -0.4 is 5.32 Å². The summed E-state index contributed by atoms with van der Waals surface area (Å²) >= 11 is 0. The van der Waals surface area contributed by atoms with Gasteiger partial charge in [0.15, 0.2) is 0 Å². The molecule has 0 aliphatic carbocycles. The molecule has 0 unspecified atom stereocenters. The molecule has 1 saturated heterocycles. The number of nitro groups is 1. The number of piperidine rings is 1. The Kier molecular flexibility index (Phi) is 6.13. The summed E-state index contributed by atoms with van der Waals surface area (Å²) in [4.78, 5) is 22.6. The molecule has 0 saturated carbocycles. The van der Waals surface area contributed by atoms with Crippen LogP contribution in [0.1, 0.15) is 18.4 Å². The number of rotatable bonds is 5. The predicted octanol–water partition coefficient (Wildman–Crippen LogP) is 3.22. The number of halogens is 2. The molecular formula is C19H19F2N3O5S. The van der Waals surface area contributed by atoms with Crippen molar-refractivity contribution in [2.45, 2.75) is 24.7 Å². The van der Waals surface area contributed by atoms with Crippen molar-refractivity contribution in [1.82, 2.24) is 4.31 Å². The number of amides is 1. The number of non-ortho nitro benzene ring substituents is 1. The molecule has 1 fully saturated rings. The summed E-state index contributed by atoms with van der Waals surface area (Å²) < 4.78 is 54.0. The molecular weight excluding hydrogens is 420 g/mol. The monoisotopic (exact) mass is 439 g/mol. The van der Waals surface area contributed by atoms with Gasteiger partial charge in [0.25, 0.3) is 5.69 Å². The minimum atomic E-state index is -3.98. The Hall–Kier alpha value is -2.92. The molecule has 1 aliphatic heterocycles. The lowest BCUT2D eigenvalue weighted by Gasteiger charge is -2.30. The third-order valence-corrected chi connectivity index (χ3v) is 7.05. The van der Waals surface area contributed by atoms with Crippen molar-refractivity contribution in [3.63, 3.8) is 0 Å². The normalized spacial score (nSPS) is 15.7. The van der Waals surface area contributed by atoms with Crippen LogP contribution in [0.15, 0.2) is 41.3 Å². The lowest BCUT2D eigenvalue weighted by Crippen LogP contribution is -2.41. The van der Waals surface area contributed by atoms with E-state index in [4.69, 9.17) is 0 Å². The van der Waals surface area contributed by atoms with Gasteiger partial charge in [0.1, 0.15) is 11.6 Å². The van der Waals surface area contributed by atoms with Crippen LogP contribution in [0.5, 0.6) is 0 Å². The summed E-state index contributed by atoms with van der Waals surface area (Å²) in [5.74, 6) is -2.57. The molecule has 2 aromatic rings. The molecule has 11 heteroatoms. The van der Waals surface area contributed by atoms with E-state index in [0.717, 1.165) is 24.3 Å². The maximum atomic E-state index is 13.7. The number of hydrogen-bond acceptors (Lipinski definition) is 5. The number of anilines is 1. The zero-order valence-corrected chi connectivity index (χ0v) is 16.8. The molecule has 0 bridgehead atoms. The van der Waals surface area contributed by atoms with E-state index in [2.05, 4.69) is 5.32 Å². The van der Waals surface area contributed by atoms with Crippen molar-refractivity contribution in [3.05, 3.63) is 63.7 Å². The van der Waals surface area contributed by atoms with Gasteiger partial charge < -0.3 is 5.32 Å². The van der Waals surface area contributed by atoms with Crippen LogP contribution >= 0.6 is 0 Å². The Balaban J connectivity index is 1.70. The second-order valence-corrected chi connectivity index (χ2v) is 8.91. The summed E-state index contributed by atoms with van der Waals surface area (Å²) in [6, 6.07) is 6.34. The second-order valence-electron chi connectivity index (χ2n) is 7.00. The average molecular weight is 439 g/mol. The zero-order chi connectivity index (χ0) is 22.1. The van der Waals surface area contributed by atoms with Crippen LogP contribution in [-0.2, 0) is 14.8 Å². The summed E-state index contributed by atoms with van der Waals surface area (Å²) in [6.07, 6.45) is 0.353. The van der Waals surface area contributed by atoms with Gasteiger partial charge in [0, 0.05) is 37.2 Å². The Morgan fingerprint density at radius 3 is 2.47 bits per heavy atom. The van der Waals surface area contributed by atoms with Crippen LogP contribution in [0.4, 0.5) is 20.2 Å². The number of nitrogens with zero attached hydrogens (tertiary/aromatic N) is 2. The Bertz CT molecular complexity index is 1100. The van der Waals surface area contributed by atoms with Gasteiger partial charge in [-0.25, -0.2) is 17.2 Å². The lowest BCUT2D eigenvalue weighted by molar-refractivity contribution is -0.385. The van der Waals surface area contributed by atoms with Gasteiger partial charge >= 0.3 is 0 Å². The van der Waals surface area contributed by atoms with Gasteiger partial charge in [-0.1, -0.05) is 6.07 Å². The molecule has 1 heterocycles. The van der Waals surface area contributed by atoms with Crippen molar-refractivity contribution >= 4 is 27.3 Å². The van der Waals surface area contributed by atoms with Crippen molar-refractivity contribution in [3.8, 4) is 0 Å². The number of benzene rings is 2. The summed E-state index contributed by atoms with van der Waals surface area (Å²) in [6.45, 7) is 1.59. The van der Waals surface area contributed by atoms with E-state index >= 15 is 0 Å². The number of carbonyl (C=O) groups is 1. The lowest BCUT2D eigenvalue weighted by atomic mass is 9.97. The highest BCUT2D eigenvalue weighted by atomic mass is 32.2. The molecule has 2 aromatic carbocycles. The zero-order valence-electron chi connectivity index (χ0n) is 16.0. The minimum Gasteiger partial charge on any atom is -0.323 e. The number of sulfonamides is 1. The van der Waals surface area contributed by atoms with Crippen LogP contribution in [0.3, 0.4) is 0 Å². The largest absolute Gasteiger partial charge is 0.323 e. The van der Waals surface area contributed by atoms with Gasteiger partial charge in [-0.05, 0) is 37.5 Å². The molecule has 1 amide bonds. The number of nitro benzene ring substituents is 1. The highest BCUT2D eigenvalue weighted by molar-refractivity contribution is 7.89. The minimum absolute atomic E-state index is 0.0220. The van der Waals surface area contributed by atoms with E-state index in [1.54, 1.807) is 6.92 Å². The standard InChI is InChI=1S/C19H19F2N3O5S/c1-12-2-4-15(24(26)27)11-18(12)30(28,29)23-8-6-13(7-9-23)19(25)22-17-10-14(20)3-5-16(17)21/h2-5,10-11,13H,6-9H2,1H3,(H,22,25). The van der Waals surface area contributed by atoms with Crippen molar-refractivity contribution in [2.75, 3.05) is 18.4 Å². The fourth-order valence-corrected chi connectivity index (χ4v) is 5.02. The quantitative estimate of drug-likeness (QED) is 0.568. The SMILES string of the molecule is Cc1ccc([N+](=O)[O-])cc1S(=O)(=O)N1CCC(C(=O)Nc2cc(F)ccc2F)CC1. The molecule has 30 heavy (non-hydrogen) atoms. The van der Waals surface area contributed by atoms with E-state index in [9.17, 15) is 32.1 Å². The Labute approximate surface area is 171 Å². The van der Waals surface area contributed by atoms with Crippen LogP contribution in [0.25, 0.3) is 0 Å². The smallest absolute Gasteiger partial charge is 0.270 e. The maximum Gasteiger partial charge on any atom is 0.270 e. The topological polar surface area (TPSA) is 110 Å². The highest BCUT2D eigenvalue weighted by Gasteiger charge is 2.33. The molecule has 1 N–H and O–H groups in total. The first-order valence-electron chi connectivity index (χ1n) is 9.10. The van der Waals surface area contributed by atoms with Gasteiger partial charge in [-0.2, -0.15) is 4.31 Å². The first kappa shape index (κ1) is 21.8. The summed E-state index contributed by atoms with van der Waals surface area (Å²) in [5.41, 5.74) is -0.227. The van der Waals surface area contributed by atoms with Crippen molar-refractivity contribution < 1.29 is 26.9 Å². The van der Waals surface area contributed by atoms with E-state index in [1.165, 1.54) is 16.4 Å². The van der Waals surface area contributed by atoms with Crippen molar-refractivity contribution in [1.29, 1.82) is 0 Å². The highest BCUT2D eigenvalue weighted by Crippen LogP contribution is 2.29.